The van der Waals surface area contributed by atoms with E-state index in [1.807, 2.05) is 0 Å². The fraction of sp³-hybridized carbons (Fsp3) is 0.900. The van der Waals surface area contributed by atoms with Gasteiger partial charge in [0.1, 0.15) is 24.4 Å². The van der Waals surface area contributed by atoms with Crippen molar-refractivity contribution in [2.24, 2.45) is 0 Å². The lowest BCUT2D eigenvalue weighted by Crippen LogP contribution is -2.49. The van der Waals surface area contributed by atoms with Crippen LogP contribution in [0.1, 0.15) is 13.3 Å². The number of carbonyl (C=O) groups excluding carboxylic acids is 1. The van der Waals surface area contributed by atoms with Gasteiger partial charge in [-0.1, -0.05) is 6.92 Å². The summed E-state index contributed by atoms with van der Waals surface area (Å²) in [5.41, 5.74) is 0. The highest BCUT2D eigenvalue weighted by Crippen LogP contribution is 2.06. The summed E-state index contributed by atoms with van der Waals surface area (Å²) >= 11 is 0. The number of amides is 1. The van der Waals surface area contributed by atoms with Crippen LogP contribution < -0.4 is 0 Å². The van der Waals surface area contributed by atoms with E-state index in [1.54, 1.807) is 6.92 Å². The standard InChI is InChI=1S/C10H21NO6/c1-3-8(15)11(2)4-6(13)9(16)10(17)7(14)5-12/h6-7,9-10,12-14,16-17H,3-5H2,1-2H3/t6-,7+,9+,10+/m0/s1. The third-order valence-corrected chi connectivity index (χ3v) is 2.51. The summed E-state index contributed by atoms with van der Waals surface area (Å²) in [6.45, 7) is 0.768. The van der Waals surface area contributed by atoms with Crippen molar-refractivity contribution in [1.29, 1.82) is 0 Å². The first-order chi connectivity index (χ1) is 7.84. The molecule has 0 fully saturated rings. The van der Waals surface area contributed by atoms with Gasteiger partial charge in [-0.05, 0) is 0 Å². The fourth-order valence-corrected chi connectivity index (χ4v) is 1.32. The number of aliphatic hydroxyl groups is 5. The molecular weight excluding hydrogens is 230 g/mol. The Hall–Kier alpha value is -0.730. The molecule has 0 saturated heterocycles. The molecule has 0 heterocycles. The molecule has 0 aromatic carbocycles. The van der Waals surface area contributed by atoms with Crippen molar-refractivity contribution >= 4 is 5.91 Å². The summed E-state index contributed by atoms with van der Waals surface area (Å²) in [6, 6.07) is 0. The van der Waals surface area contributed by atoms with Gasteiger partial charge in [-0.3, -0.25) is 4.79 Å². The number of rotatable bonds is 7. The van der Waals surface area contributed by atoms with Crippen LogP contribution in [0, 0.1) is 0 Å². The van der Waals surface area contributed by atoms with Crippen molar-refractivity contribution in [3.05, 3.63) is 0 Å². The fourth-order valence-electron chi connectivity index (χ4n) is 1.32. The van der Waals surface area contributed by atoms with Crippen molar-refractivity contribution in [3.63, 3.8) is 0 Å². The summed E-state index contributed by atoms with van der Waals surface area (Å²) in [4.78, 5) is 12.4. The molecule has 5 N–H and O–H groups in total. The van der Waals surface area contributed by atoms with E-state index in [0.717, 1.165) is 0 Å². The Morgan fingerprint density at radius 3 is 2.00 bits per heavy atom. The predicted molar refractivity (Wildman–Crippen MR) is 59.0 cm³/mol. The van der Waals surface area contributed by atoms with Gasteiger partial charge in [-0.15, -0.1) is 0 Å². The van der Waals surface area contributed by atoms with Gasteiger partial charge in [0.05, 0.1) is 6.61 Å². The summed E-state index contributed by atoms with van der Waals surface area (Å²) in [5.74, 6) is -0.214. The van der Waals surface area contributed by atoms with E-state index in [4.69, 9.17) is 10.2 Å². The highest BCUT2D eigenvalue weighted by Gasteiger charge is 2.30. The molecule has 4 atom stereocenters. The molecule has 0 unspecified atom stereocenters. The zero-order chi connectivity index (χ0) is 13.6. The molecule has 102 valence electrons. The second-order valence-electron chi connectivity index (χ2n) is 3.93. The molecule has 17 heavy (non-hydrogen) atoms. The van der Waals surface area contributed by atoms with Crippen molar-refractivity contribution in [1.82, 2.24) is 4.90 Å². The second kappa shape index (κ2) is 7.57. The largest absolute Gasteiger partial charge is 0.394 e. The topological polar surface area (TPSA) is 121 Å². The Morgan fingerprint density at radius 1 is 1.12 bits per heavy atom. The van der Waals surface area contributed by atoms with Crippen LogP contribution in [-0.2, 0) is 4.79 Å². The Bertz CT molecular complexity index is 237. The number of hydrogen-bond acceptors (Lipinski definition) is 6. The number of likely N-dealkylation sites (N-methyl/N-ethyl adjacent to an activating group) is 1. The van der Waals surface area contributed by atoms with Crippen LogP contribution in [0.5, 0.6) is 0 Å². The Labute approximate surface area is 99.9 Å². The smallest absolute Gasteiger partial charge is 0.222 e. The maximum atomic E-state index is 11.2. The maximum absolute atomic E-state index is 11.2. The number of hydrogen-bond donors (Lipinski definition) is 5. The zero-order valence-corrected chi connectivity index (χ0v) is 10.0. The summed E-state index contributed by atoms with van der Waals surface area (Å²) in [5, 5.41) is 46.0. The third kappa shape index (κ3) is 4.97. The highest BCUT2D eigenvalue weighted by atomic mass is 16.4. The van der Waals surface area contributed by atoms with Gasteiger partial charge in [-0.2, -0.15) is 0 Å². The number of carbonyl (C=O) groups is 1. The average molecular weight is 251 g/mol. The first-order valence-corrected chi connectivity index (χ1v) is 5.42. The molecule has 0 aromatic rings. The van der Waals surface area contributed by atoms with Crippen molar-refractivity contribution in [2.75, 3.05) is 20.2 Å². The quantitative estimate of drug-likeness (QED) is 0.335. The van der Waals surface area contributed by atoms with Crippen molar-refractivity contribution in [2.45, 2.75) is 37.8 Å². The van der Waals surface area contributed by atoms with Crippen LogP contribution in [0.4, 0.5) is 0 Å². The SMILES string of the molecule is CCC(=O)N(C)C[C@H](O)[C@@H](O)[C@H](O)[C@H](O)CO. The minimum absolute atomic E-state index is 0.164. The summed E-state index contributed by atoms with van der Waals surface area (Å²) < 4.78 is 0. The Balaban J connectivity index is 4.30. The minimum Gasteiger partial charge on any atom is -0.394 e. The first kappa shape index (κ1) is 16.3. The molecule has 0 bridgehead atoms. The van der Waals surface area contributed by atoms with Crippen LogP contribution in [0.25, 0.3) is 0 Å². The average Bonchev–Trinajstić information content (AvgIpc) is 2.34. The second-order valence-corrected chi connectivity index (χ2v) is 3.93. The molecule has 0 aliphatic carbocycles. The van der Waals surface area contributed by atoms with Crippen LogP contribution >= 0.6 is 0 Å². The normalized spacial score (nSPS) is 18.3. The van der Waals surface area contributed by atoms with Gasteiger partial charge in [0, 0.05) is 20.0 Å². The van der Waals surface area contributed by atoms with Gasteiger partial charge in [0.15, 0.2) is 0 Å². The van der Waals surface area contributed by atoms with Crippen molar-refractivity contribution in [3.8, 4) is 0 Å². The number of nitrogens with zero attached hydrogens (tertiary/aromatic N) is 1. The molecule has 0 rings (SSSR count). The van der Waals surface area contributed by atoms with Crippen LogP contribution in [0.3, 0.4) is 0 Å². The van der Waals surface area contributed by atoms with Gasteiger partial charge < -0.3 is 30.4 Å². The maximum Gasteiger partial charge on any atom is 0.222 e. The van der Waals surface area contributed by atoms with Gasteiger partial charge >= 0.3 is 0 Å². The molecule has 0 spiro atoms. The van der Waals surface area contributed by atoms with Crippen LogP contribution in [0.15, 0.2) is 0 Å². The van der Waals surface area contributed by atoms with Gasteiger partial charge in [-0.25, -0.2) is 0 Å². The minimum atomic E-state index is -1.67. The molecule has 0 radical (unpaired) electrons. The lowest BCUT2D eigenvalue weighted by molar-refractivity contribution is -0.137. The molecule has 0 aliphatic rings. The molecule has 0 aliphatic heterocycles. The van der Waals surface area contributed by atoms with E-state index in [0.29, 0.717) is 0 Å². The lowest BCUT2D eigenvalue weighted by atomic mass is 10.0. The van der Waals surface area contributed by atoms with Crippen LogP contribution in [0.2, 0.25) is 0 Å². The summed E-state index contributed by atoms with van der Waals surface area (Å²) in [6.07, 6.45) is -5.97. The number of aliphatic hydroxyl groups excluding tert-OH is 5. The van der Waals surface area contributed by atoms with Crippen LogP contribution in [-0.4, -0.2) is 81.0 Å². The van der Waals surface area contributed by atoms with Gasteiger partial charge in [0.25, 0.3) is 0 Å². The molecule has 0 aromatic heterocycles. The van der Waals surface area contributed by atoms with E-state index < -0.39 is 31.0 Å². The van der Waals surface area contributed by atoms with E-state index >= 15 is 0 Å². The highest BCUT2D eigenvalue weighted by molar-refractivity contribution is 5.75. The molecular formula is C10H21NO6. The Kier molecular flexibility index (Phi) is 7.24. The van der Waals surface area contributed by atoms with E-state index in [-0.39, 0.29) is 18.9 Å². The lowest BCUT2D eigenvalue weighted by Gasteiger charge is -2.28. The first-order valence-electron chi connectivity index (χ1n) is 5.42. The zero-order valence-electron chi connectivity index (χ0n) is 10.0. The molecule has 0 saturated carbocycles. The molecule has 7 heteroatoms. The van der Waals surface area contributed by atoms with Crippen molar-refractivity contribution < 1.29 is 30.3 Å². The van der Waals surface area contributed by atoms with E-state index in [2.05, 4.69) is 0 Å². The Morgan fingerprint density at radius 2 is 1.59 bits per heavy atom. The molecule has 1 amide bonds. The summed E-state index contributed by atoms with van der Waals surface area (Å²) in [7, 11) is 1.45. The third-order valence-electron chi connectivity index (χ3n) is 2.51. The van der Waals surface area contributed by atoms with E-state index in [9.17, 15) is 20.1 Å². The van der Waals surface area contributed by atoms with Gasteiger partial charge in [0.2, 0.25) is 5.91 Å². The monoisotopic (exact) mass is 251 g/mol. The molecule has 7 nitrogen and oxygen atoms in total. The predicted octanol–water partition coefficient (Wildman–Crippen LogP) is -2.71. The van der Waals surface area contributed by atoms with E-state index in [1.165, 1.54) is 11.9 Å².